The molecule has 196 valence electrons. The number of aliphatic hydroxyl groups is 2. The smallest absolute Gasteiger partial charge is 0.223 e. The fourth-order valence-electron chi connectivity index (χ4n) is 5.22. The summed E-state index contributed by atoms with van der Waals surface area (Å²) >= 11 is 6.48. The minimum absolute atomic E-state index is 0.0609. The lowest BCUT2D eigenvalue weighted by molar-refractivity contribution is 0.00297. The summed E-state index contributed by atoms with van der Waals surface area (Å²) in [5.41, 5.74) is 0.347. The number of aliphatic hydroxyl groups excluding tert-OH is 1. The van der Waals surface area contributed by atoms with E-state index in [2.05, 4.69) is 39.0 Å². The van der Waals surface area contributed by atoms with Gasteiger partial charge in [-0.25, -0.2) is 19.3 Å². The minimum Gasteiger partial charge on any atom is -0.389 e. The molecule has 1 unspecified atom stereocenters. The zero-order valence-electron chi connectivity index (χ0n) is 21.8. The number of aromatic nitrogens is 4. The number of anilines is 1. The van der Waals surface area contributed by atoms with Crippen LogP contribution in [0.5, 0.6) is 0 Å². The summed E-state index contributed by atoms with van der Waals surface area (Å²) in [4.78, 5) is 15.6. The molecule has 3 N–H and O–H groups in total. The zero-order chi connectivity index (χ0) is 26.4. The van der Waals surface area contributed by atoms with Crippen molar-refractivity contribution in [3.8, 4) is 11.3 Å². The maximum atomic E-state index is 15.3. The molecular weight excluding hydrogens is 483 g/mol. The van der Waals surface area contributed by atoms with Crippen molar-refractivity contribution in [3.05, 3.63) is 35.0 Å². The third kappa shape index (κ3) is 4.94. The summed E-state index contributed by atoms with van der Waals surface area (Å²) in [6, 6.07) is 2.94. The van der Waals surface area contributed by atoms with Gasteiger partial charge in [0.1, 0.15) is 16.9 Å². The van der Waals surface area contributed by atoms with Gasteiger partial charge in [0.25, 0.3) is 0 Å². The first-order chi connectivity index (χ1) is 17.0. The molecule has 4 rings (SSSR count). The molecule has 0 bridgehead atoms. The molecule has 2 aromatic heterocycles. The molecule has 0 spiro atoms. The maximum absolute atomic E-state index is 15.3. The van der Waals surface area contributed by atoms with Crippen LogP contribution in [-0.2, 0) is 5.60 Å². The molecule has 8 nitrogen and oxygen atoms in total. The molecule has 10 heteroatoms. The fraction of sp³-hybridized carbons (Fsp3) is 0.577. The van der Waals surface area contributed by atoms with E-state index in [1.54, 1.807) is 19.9 Å². The third-order valence-electron chi connectivity index (χ3n) is 6.97. The van der Waals surface area contributed by atoms with Gasteiger partial charge in [-0.3, -0.25) is 4.90 Å². The van der Waals surface area contributed by atoms with Crippen molar-refractivity contribution in [1.29, 1.82) is 0 Å². The van der Waals surface area contributed by atoms with Gasteiger partial charge in [-0.15, -0.1) is 0 Å². The first kappa shape index (κ1) is 26.7. The third-order valence-corrected chi connectivity index (χ3v) is 7.25. The number of hydrogen-bond acceptors (Lipinski definition) is 7. The van der Waals surface area contributed by atoms with Crippen molar-refractivity contribution in [2.75, 3.05) is 18.4 Å². The Morgan fingerprint density at radius 1 is 1.25 bits per heavy atom. The predicted octanol–water partition coefficient (Wildman–Crippen LogP) is 4.74. The second kappa shape index (κ2) is 10.2. The number of piperidine rings is 1. The molecule has 36 heavy (non-hydrogen) atoms. The molecule has 3 atom stereocenters. The van der Waals surface area contributed by atoms with Crippen LogP contribution in [0.25, 0.3) is 22.3 Å². The number of nitrogens with zero attached hydrogens (tertiary/aromatic N) is 5. The molecule has 0 saturated carbocycles. The van der Waals surface area contributed by atoms with E-state index in [0.29, 0.717) is 28.5 Å². The van der Waals surface area contributed by atoms with E-state index in [0.717, 1.165) is 25.9 Å². The van der Waals surface area contributed by atoms with E-state index < -0.39 is 17.5 Å². The Balaban J connectivity index is 1.73. The zero-order valence-corrected chi connectivity index (χ0v) is 22.5. The lowest BCUT2D eigenvalue weighted by Crippen LogP contribution is -2.56. The molecular formula is C26H36ClFN6O2. The van der Waals surface area contributed by atoms with Crippen molar-refractivity contribution in [3.63, 3.8) is 0 Å². The highest BCUT2D eigenvalue weighted by molar-refractivity contribution is 6.33. The summed E-state index contributed by atoms with van der Waals surface area (Å²) in [7, 11) is 0. The molecule has 3 aromatic rings. The largest absolute Gasteiger partial charge is 0.389 e. The number of halogens is 2. The number of rotatable bonds is 7. The van der Waals surface area contributed by atoms with Crippen molar-refractivity contribution in [2.45, 2.75) is 84.2 Å². The average molecular weight is 519 g/mol. The first-order valence-corrected chi connectivity index (χ1v) is 13.0. The Kier molecular flexibility index (Phi) is 7.57. The Labute approximate surface area is 216 Å². The molecule has 0 aliphatic carbocycles. The molecule has 0 radical (unpaired) electrons. The van der Waals surface area contributed by atoms with Crippen LogP contribution >= 0.6 is 11.6 Å². The highest BCUT2D eigenvalue weighted by Crippen LogP contribution is 2.35. The number of nitrogens with one attached hydrogen (secondary N) is 1. The van der Waals surface area contributed by atoms with Crippen LogP contribution in [-0.4, -0.2) is 65.9 Å². The summed E-state index contributed by atoms with van der Waals surface area (Å²) in [6.45, 7) is 13.1. The Hall–Kier alpha value is -2.33. The van der Waals surface area contributed by atoms with E-state index in [4.69, 9.17) is 11.6 Å². The van der Waals surface area contributed by atoms with Crippen LogP contribution in [0.3, 0.4) is 0 Å². The summed E-state index contributed by atoms with van der Waals surface area (Å²) < 4.78 is 17.1. The number of imidazole rings is 1. The number of benzene rings is 1. The van der Waals surface area contributed by atoms with Gasteiger partial charge in [0.05, 0.1) is 34.6 Å². The predicted molar refractivity (Wildman–Crippen MR) is 141 cm³/mol. The maximum Gasteiger partial charge on any atom is 0.223 e. The van der Waals surface area contributed by atoms with Gasteiger partial charge in [0.15, 0.2) is 5.82 Å². The van der Waals surface area contributed by atoms with Gasteiger partial charge in [0, 0.05) is 24.2 Å². The van der Waals surface area contributed by atoms with Gasteiger partial charge >= 0.3 is 0 Å². The lowest BCUT2D eigenvalue weighted by atomic mass is 9.92. The number of fused-ring (bicyclic) bond motifs is 1. The molecule has 3 heterocycles. The van der Waals surface area contributed by atoms with Gasteiger partial charge in [-0.2, -0.15) is 0 Å². The summed E-state index contributed by atoms with van der Waals surface area (Å²) in [5.74, 6) is 0.190. The van der Waals surface area contributed by atoms with Crippen LogP contribution in [0.15, 0.2) is 18.3 Å². The van der Waals surface area contributed by atoms with E-state index in [-0.39, 0.29) is 28.7 Å². The molecule has 1 saturated heterocycles. The van der Waals surface area contributed by atoms with Gasteiger partial charge in [-0.1, -0.05) is 25.4 Å². The van der Waals surface area contributed by atoms with Crippen LogP contribution in [0.1, 0.15) is 66.3 Å². The Morgan fingerprint density at radius 3 is 2.58 bits per heavy atom. The van der Waals surface area contributed by atoms with E-state index in [1.165, 1.54) is 12.3 Å². The number of likely N-dealkylation sites (tertiary alicyclic amines) is 1. The standard InChI is InChI=1S/C26H36ClFN6O2/c1-7-19-23(35)18(9-10-33(19)8-2)30-25-29-13-16(27)21(32-25)15-11-17(28)22-20(12-15)34(14(3)4)24(31-22)26(5,6)36/h11-14,18-19,23,35-36H,7-10H2,1-6H3,(H,29,30,32)/t18?,19-,23-/m1/s1. The molecule has 1 aliphatic heterocycles. The van der Waals surface area contributed by atoms with Crippen LogP contribution in [0, 0.1) is 5.82 Å². The van der Waals surface area contributed by atoms with Crippen LogP contribution < -0.4 is 5.32 Å². The summed E-state index contributed by atoms with van der Waals surface area (Å²) in [5, 5.41) is 25.2. The molecule has 1 fully saturated rings. The number of likely N-dealkylation sites (N-methyl/N-ethyl adjacent to an activating group) is 1. The van der Waals surface area contributed by atoms with Crippen molar-refractivity contribution in [2.24, 2.45) is 0 Å². The highest BCUT2D eigenvalue weighted by atomic mass is 35.5. The van der Waals surface area contributed by atoms with Crippen LogP contribution in [0.2, 0.25) is 5.02 Å². The quantitative estimate of drug-likeness (QED) is 0.415. The Morgan fingerprint density at radius 2 is 1.97 bits per heavy atom. The SMILES string of the molecule is CC[C@@H]1[C@H](O)C(Nc2ncc(Cl)c(-c3cc(F)c4nc(C(C)(C)O)n(C(C)C)c4c3)n2)CCN1CC. The summed E-state index contributed by atoms with van der Waals surface area (Å²) in [6.07, 6.45) is 2.51. The minimum atomic E-state index is -1.25. The normalized spacial score (nSPS) is 21.5. The number of hydrogen-bond donors (Lipinski definition) is 3. The monoisotopic (exact) mass is 518 g/mol. The van der Waals surface area contributed by atoms with E-state index in [9.17, 15) is 10.2 Å². The van der Waals surface area contributed by atoms with Crippen molar-refractivity contribution < 1.29 is 14.6 Å². The fourth-order valence-corrected chi connectivity index (χ4v) is 5.42. The average Bonchev–Trinajstić information content (AvgIpc) is 3.22. The highest BCUT2D eigenvalue weighted by Gasteiger charge is 2.35. The topological polar surface area (TPSA) is 99.3 Å². The van der Waals surface area contributed by atoms with Crippen molar-refractivity contribution >= 4 is 28.6 Å². The van der Waals surface area contributed by atoms with Crippen molar-refractivity contribution in [1.82, 2.24) is 24.4 Å². The van der Waals surface area contributed by atoms with Gasteiger partial charge < -0.3 is 20.1 Å². The second-order valence-electron chi connectivity index (χ2n) is 10.3. The second-order valence-corrected chi connectivity index (χ2v) is 10.7. The van der Waals surface area contributed by atoms with E-state index in [1.807, 2.05) is 18.4 Å². The van der Waals surface area contributed by atoms with Crippen LogP contribution in [0.4, 0.5) is 10.3 Å². The van der Waals surface area contributed by atoms with Gasteiger partial charge in [0.2, 0.25) is 5.95 Å². The molecule has 0 amide bonds. The lowest BCUT2D eigenvalue weighted by Gasteiger charge is -2.42. The van der Waals surface area contributed by atoms with Gasteiger partial charge in [-0.05, 0) is 59.2 Å². The molecule has 1 aliphatic rings. The molecule has 1 aromatic carbocycles. The Bertz CT molecular complexity index is 1240. The van der Waals surface area contributed by atoms with E-state index >= 15 is 4.39 Å². The first-order valence-electron chi connectivity index (χ1n) is 12.6.